The molecule has 0 aromatic heterocycles. The van der Waals surface area contributed by atoms with Crippen LogP contribution in [0.3, 0.4) is 0 Å². The molecule has 1 amide bonds. The predicted octanol–water partition coefficient (Wildman–Crippen LogP) is 3.60. The molecule has 4 nitrogen and oxygen atoms in total. The highest BCUT2D eigenvalue weighted by Crippen LogP contribution is 2.25. The zero-order valence-corrected chi connectivity index (χ0v) is 13.2. The van der Waals surface area contributed by atoms with Crippen molar-refractivity contribution in [1.82, 2.24) is 5.32 Å². The Balaban J connectivity index is 1.96. The Hall–Kier alpha value is -1.26. The second-order valence-electron chi connectivity index (χ2n) is 5.13. The SMILES string of the molecule is CC(OC(=O)c1c(Cl)cccc1Cl)C(=O)NC1CCCC1. The number of benzene rings is 1. The van der Waals surface area contributed by atoms with Crippen molar-refractivity contribution < 1.29 is 14.3 Å². The summed E-state index contributed by atoms with van der Waals surface area (Å²) in [6, 6.07) is 4.92. The molecule has 1 aliphatic rings. The van der Waals surface area contributed by atoms with Crippen molar-refractivity contribution in [3.05, 3.63) is 33.8 Å². The van der Waals surface area contributed by atoms with Crippen LogP contribution in [-0.4, -0.2) is 24.0 Å². The Kier molecular flexibility index (Phi) is 5.48. The Morgan fingerprint density at radius 2 is 1.81 bits per heavy atom. The summed E-state index contributed by atoms with van der Waals surface area (Å²) in [5, 5.41) is 3.29. The van der Waals surface area contributed by atoms with E-state index < -0.39 is 12.1 Å². The van der Waals surface area contributed by atoms with E-state index in [4.69, 9.17) is 27.9 Å². The number of carbonyl (C=O) groups excluding carboxylic acids is 2. The summed E-state index contributed by atoms with van der Waals surface area (Å²) in [5.74, 6) is -0.988. The number of carbonyl (C=O) groups is 2. The average molecular weight is 330 g/mol. The molecule has 0 aliphatic heterocycles. The second-order valence-corrected chi connectivity index (χ2v) is 5.95. The van der Waals surface area contributed by atoms with Gasteiger partial charge in [0.1, 0.15) is 0 Å². The second kappa shape index (κ2) is 7.14. The lowest BCUT2D eigenvalue weighted by atomic mass is 10.2. The standard InChI is InChI=1S/C15H17Cl2NO3/c1-9(14(19)18-10-5-2-3-6-10)21-15(20)13-11(16)7-4-8-12(13)17/h4,7-10H,2-3,5-6H2,1H3,(H,18,19). The van der Waals surface area contributed by atoms with Gasteiger partial charge in [0.25, 0.3) is 5.91 Å². The van der Waals surface area contributed by atoms with Crippen molar-refractivity contribution in [1.29, 1.82) is 0 Å². The lowest BCUT2D eigenvalue weighted by Crippen LogP contribution is -2.40. The number of amides is 1. The van der Waals surface area contributed by atoms with Crippen molar-refractivity contribution in [3.8, 4) is 0 Å². The normalized spacial score (nSPS) is 16.5. The molecule has 6 heteroatoms. The molecule has 21 heavy (non-hydrogen) atoms. The van der Waals surface area contributed by atoms with Gasteiger partial charge in [-0.15, -0.1) is 0 Å². The third kappa shape index (κ3) is 4.11. The molecule has 0 radical (unpaired) electrons. The minimum absolute atomic E-state index is 0.0846. The summed E-state index contributed by atoms with van der Waals surface area (Å²) in [6.07, 6.45) is 3.30. The van der Waals surface area contributed by atoms with Gasteiger partial charge in [-0.2, -0.15) is 0 Å². The smallest absolute Gasteiger partial charge is 0.341 e. The minimum atomic E-state index is -0.884. The van der Waals surface area contributed by atoms with E-state index >= 15 is 0 Å². The fourth-order valence-electron chi connectivity index (χ4n) is 2.35. The van der Waals surface area contributed by atoms with E-state index in [0.29, 0.717) is 0 Å². The average Bonchev–Trinajstić information content (AvgIpc) is 2.91. The number of nitrogens with one attached hydrogen (secondary N) is 1. The molecule has 1 aromatic rings. The third-order valence-electron chi connectivity index (χ3n) is 3.52. The molecule has 1 aliphatic carbocycles. The van der Waals surface area contributed by atoms with Gasteiger partial charge in [-0.25, -0.2) is 4.79 Å². The Labute approximate surface area is 133 Å². The van der Waals surface area contributed by atoms with Crippen molar-refractivity contribution in [2.45, 2.75) is 44.8 Å². The first-order valence-electron chi connectivity index (χ1n) is 6.94. The zero-order valence-electron chi connectivity index (χ0n) is 11.7. The summed E-state index contributed by atoms with van der Waals surface area (Å²) in [7, 11) is 0. The first-order chi connectivity index (χ1) is 9.99. The van der Waals surface area contributed by atoms with E-state index in [2.05, 4.69) is 5.32 Å². The van der Waals surface area contributed by atoms with Crippen molar-refractivity contribution in [2.75, 3.05) is 0 Å². The minimum Gasteiger partial charge on any atom is -0.449 e. The van der Waals surface area contributed by atoms with Crippen LogP contribution in [0, 0.1) is 0 Å². The number of rotatable bonds is 4. The molecule has 0 saturated heterocycles. The molecule has 1 unspecified atom stereocenters. The fraction of sp³-hybridized carbons (Fsp3) is 0.467. The monoisotopic (exact) mass is 329 g/mol. The summed E-state index contributed by atoms with van der Waals surface area (Å²) >= 11 is 11.9. The maximum atomic E-state index is 12.1. The maximum Gasteiger partial charge on any atom is 0.341 e. The van der Waals surface area contributed by atoms with Gasteiger partial charge < -0.3 is 10.1 Å². The molecule has 2 rings (SSSR count). The molecule has 114 valence electrons. The maximum absolute atomic E-state index is 12.1. The van der Waals surface area contributed by atoms with Gasteiger partial charge in [0.05, 0.1) is 15.6 Å². The first-order valence-corrected chi connectivity index (χ1v) is 7.70. The summed E-state index contributed by atoms with van der Waals surface area (Å²) in [6.45, 7) is 1.53. The number of ether oxygens (including phenoxy) is 1. The predicted molar refractivity (Wildman–Crippen MR) is 81.7 cm³/mol. The van der Waals surface area contributed by atoms with Crippen LogP contribution in [0.5, 0.6) is 0 Å². The van der Waals surface area contributed by atoms with Gasteiger partial charge >= 0.3 is 5.97 Å². The molecule has 0 bridgehead atoms. The van der Waals surface area contributed by atoms with E-state index in [1.807, 2.05) is 0 Å². The van der Waals surface area contributed by atoms with Crippen LogP contribution >= 0.6 is 23.2 Å². The van der Waals surface area contributed by atoms with E-state index in [-0.39, 0.29) is 27.6 Å². The van der Waals surface area contributed by atoms with Crippen LogP contribution in [0.15, 0.2) is 18.2 Å². The number of halogens is 2. The Morgan fingerprint density at radius 1 is 1.24 bits per heavy atom. The van der Waals surface area contributed by atoms with Gasteiger partial charge in [0, 0.05) is 6.04 Å². The van der Waals surface area contributed by atoms with Crippen LogP contribution < -0.4 is 5.32 Å². The molecule has 1 saturated carbocycles. The van der Waals surface area contributed by atoms with E-state index in [9.17, 15) is 9.59 Å². The van der Waals surface area contributed by atoms with E-state index in [1.54, 1.807) is 18.2 Å². The van der Waals surface area contributed by atoms with Gasteiger partial charge in [-0.1, -0.05) is 42.1 Å². The topological polar surface area (TPSA) is 55.4 Å². The lowest BCUT2D eigenvalue weighted by molar-refractivity contribution is -0.129. The van der Waals surface area contributed by atoms with Crippen LogP contribution in [0.25, 0.3) is 0 Å². The summed E-state index contributed by atoms with van der Waals surface area (Å²) in [5.41, 5.74) is 0.0846. The molecule has 1 N–H and O–H groups in total. The molecular weight excluding hydrogens is 313 g/mol. The van der Waals surface area contributed by atoms with Crippen LogP contribution in [0.2, 0.25) is 10.0 Å². The lowest BCUT2D eigenvalue weighted by Gasteiger charge is -2.17. The van der Waals surface area contributed by atoms with Gasteiger partial charge in [-0.05, 0) is 31.9 Å². The van der Waals surface area contributed by atoms with E-state index in [1.165, 1.54) is 6.92 Å². The number of hydrogen-bond acceptors (Lipinski definition) is 3. The van der Waals surface area contributed by atoms with Gasteiger partial charge in [0.15, 0.2) is 6.10 Å². The highest BCUT2D eigenvalue weighted by Gasteiger charge is 2.25. The zero-order chi connectivity index (χ0) is 15.4. The van der Waals surface area contributed by atoms with Crippen LogP contribution in [0.4, 0.5) is 0 Å². The molecule has 1 aromatic carbocycles. The highest BCUT2D eigenvalue weighted by molar-refractivity contribution is 6.39. The van der Waals surface area contributed by atoms with Crippen molar-refractivity contribution in [3.63, 3.8) is 0 Å². The molecule has 0 heterocycles. The Morgan fingerprint density at radius 3 is 2.38 bits per heavy atom. The summed E-state index contributed by atoms with van der Waals surface area (Å²) < 4.78 is 5.15. The fourth-order valence-corrected chi connectivity index (χ4v) is 2.91. The number of esters is 1. The van der Waals surface area contributed by atoms with E-state index in [0.717, 1.165) is 25.7 Å². The quantitative estimate of drug-likeness (QED) is 0.858. The highest BCUT2D eigenvalue weighted by atomic mass is 35.5. The van der Waals surface area contributed by atoms with Crippen LogP contribution in [0.1, 0.15) is 43.0 Å². The van der Waals surface area contributed by atoms with Crippen LogP contribution in [-0.2, 0) is 9.53 Å². The molecule has 0 spiro atoms. The summed E-state index contributed by atoms with van der Waals surface area (Å²) in [4.78, 5) is 24.0. The first kappa shape index (κ1) is 16.1. The van der Waals surface area contributed by atoms with Crippen molar-refractivity contribution >= 4 is 35.1 Å². The van der Waals surface area contributed by atoms with Crippen molar-refractivity contribution in [2.24, 2.45) is 0 Å². The molecule has 1 atom stereocenters. The largest absolute Gasteiger partial charge is 0.449 e. The molecular formula is C15H17Cl2NO3. The molecule has 1 fully saturated rings. The number of hydrogen-bond donors (Lipinski definition) is 1. The van der Waals surface area contributed by atoms with Gasteiger partial charge in [0.2, 0.25) is 0 Å². The van der Waals surface area contributed by atoms with Gasteiger partial charge in [-0.3, -0.25) is 4.79 Å². The third-order valence-corrected chi connectivity index (χ3v) is 4.15. The Bertz CT molecular complexity index is 521.